The number of phenolic OH excluding ortho intramolecular Hbond substituents is 1. The lowest BCUT2D eigenvalue weighted by molar-refractivity contribution is 0.389. The summed E-state index contributed by atoms with van der Waals surface area (Å²) >= 11 is 0. The van der Waals surface area contributed by atoms with Gasteiger partial charge in [0, 0.05) is 11.8 Å². The Morgan fingerprint density at radius 1 is 0.792 bits per heavy atom. The fraction of sp³-hybridized carbons (Fsp3) is 0.714. The zero-order valence-corrected chi connectivity index (χ0v) is 15.9. The van der Waals surface area contributed by atoms with E-state index in [1.165, 1.54) is 70.8 Å². The number of nitrogen functional groups attached to an aromatic ring is 1. The Labute approximate surface area is 149 Å². The number of aryl methyl sites for hydroxylation is 1. The van der Waals surface area contributed by atoms with Crippen LogP contribution in [0.2, 0.25) is 0 Å². The minimum absolute atomic E-state index is 0.348. The minimum atomic E-state index is 0.348. The first-order chi connectivity index (χ1) is 11.6. The molecule has 3 heteroatoms. The fourth-order valence-electron chi connectivity index (χ4n) is 3.13. The molecule has 3 N–H and O–H groups in total. The van der Waals surface area contributed by atoms with Crippen molar-refractivity contribution in [2.75, 3.05) is 26.4 Å². The summed E-state index contributed by atoms with van der Waals surface area (Å²) in [4.78, 5) is 2.27. The summed E-state index contributed by atoms with van der Waals surface area (Å²) in [5.74, 6) is 0.348. The van der Waals surface area contributed by atoms with E-state index in [2.05, 4.69) is 19.0 Å². The number of nitrogens with zero attached hydrogens (tertiary/aromatic N) is 1. The Balaban J connectivity index is 1.85. The monoisotopic (exact) mass is 334 g/mol. The second-order valence-corrected chi connectivity index (χ2v) is 7.33. The molecule has 138 valence electrons. The molecule has 0 aliphatic carbocycles. The molecule has 3 nitrogen and oxygen atoms in total. The van der Waals surface area contributed by atoms with Crippen LogP contribution in [0.3, 0.4) is 0 Å². The summed E-state index contributed by atoms with van der Waals surface area (Å²) in [5.41, 5.74) is 7.31. The van der Waals surface area contributed by atoms with E-state index >= 15 is 0 Å². The molecule has 1 aromatic rings. The maximum Gasteiger partial charge on any atom is 0.120 e. The largest absolute Gasteiger partial charge is 0.508 e. The van der Waals surface area contributed by atoms with Gasteiger partial charge in [-0.1, -0.05) is 63.9 Å². The van der Waals surface area contributed by atoms with E-state index in [1.807, 2.05) is 12.1 Å². The van der Waals surface area contributed by atoms with E-state index in [0.717, 1.165) is 18.4 Å². The number of anilines is 1. The highest BCUT2D eigenvalue weighted by Crippen LogP contribution is 2.22. The summed E-state index contributed by atoms with van der Waals surface area (Å²) in [6.45, 7) is 1.23. The number of aromatic hydroxyl groups is 1. The Morgan fingerprint density at radius 2 is 1.29 bits per heavy atom. The van der Waals surface area contributed by atoms with Gasteiger partial charge in [0.15, 0.2) is 0 Å². The number of rotatable bonds is 14. The molecule has 0 spiro atoms. The van der Waals surface area contributed by atoms with Crippen LogP contribution in [0.4, 0.5) is 5.69 Å². The van der Waals surface area contributed by atoms with E-state index in [1.54, 1.807) is 6.07 Å². The average molecular weight is 335 g/mol. The van der Waals surface area contributed by atoms with E-state index in [-0.39, 0.29) is 0 Å². The Morgan fingerprint density at radius 3 is 1.79 bits per heavy atom. The molecule has 0 fully saturated rings. The zero-order chi connectivity index (χ0) is 17.6. The third-order valence-corrected chi connectivity index (χ3v) is 4.66. The molecule has 0 atom stereocenters. The Hall–Kier alpha value is -1.22. The molecule has 0 unspecified atom stereocenters. The molecular weight excluding hydrogens is 296 g/mol. The van der Waals surface area contributed by atoms with Crippen molar-refractivity contribution < 1.29 is 5.11 Å². The van der Waals surface area contributed by atoms with Gasteiger partial charge in [-0.25, -0.2) is 0 Å². The van der Waals surface area contributed by atoms with Crippen LogP contribution in [-0.4, -0.2) is 30.6 Å². The molecular formula is C21H38N2O. The highest BCUT2D eigenvalue weighted by atomic mass is 16.3. The zero-order valence-electron chi connectivity index (χ0n) is 15.9. The van der Waals surface area contributed by atoms with Gasteiger partial charge in [0.2, 0.25) is 0 Å². The van der Waals surface area contributed by atoms with Gasteiger partial charge in [0.05, 0.1) is 0 Å². The normalized spacial score (nSPS) is 11.3. The lowest BCUT2D eigenvalue weighted by atomic mass is 10.0. The first kappa shape index (κ1) is 20.8. The third-order valence-electron chi connectivity index (χ3n) is 4.66. The number of benzene rings is 1. The molecule has 0 aromatic heterocycles. The topological polar surface area (TPSA) is 49.5 Å². The number of nitrogens with two attached hydrogens (primary N) is 1. The van der Waals surface area contributed by atoms with Crippen molar-refractivity contribution in [3.05, 3.63) is 23.8 Å². The molecule has 0 heterocycles. The molecule has 0 radical (unpaired) electrons. The van der Waals surface area contributed by atoms with Gasteiger partial charge in [0.1, 0.15) is 5.75 Å². The van der Waals surface area contributed by atoms with Crippen LogP contribution in [0.15, 0.2) is 18.2 Å². The first-order valence-corrected chi connectivity index (χ1v) is 9.81. The molecule has 0 aliphatic heterocycles. The van der Waals surface area contributed by atoms with E-state index < -0.39 is 0 Å². The predicted molar refractivity (Wildman–Crippen MR) is 106 cm³/mol. The summed E-state index contributed by atoms with van der Waals surface area (Å²) in [6.07, 6.45) is 15.8. The van der Waals surface area contributed by atoms with Crippen LogP contribution in [-0.2, 0) is 6.42 Å². The molecule has 1 aromatic carbocycles. The summed E-state index contributed by atoms with van der Waals surface area (Å²) in [7, 11) is 4.30. The van der Waals surface area contributed by atoms with Crippen molar-refractivity contribution >= 4 is 5.69 Å². The van der Waals surface area contributed by atoms with Gasteiger partial charge in [-0.15, -0.1) is 0 Å². The number of unbranched alkanes of at least 4 members (excludes halogenated alkanes) is 10. The van der Waals surface area contributed by atoms with E-state index in [0.29, 0.717) is 11.4 Å². The fourth-order valence-corrected chi connectivity index (χ4v) is 3.13. The minimum Gasteiger partial charge on any atom is -0.508 e. The molecule has 0 saturated heterocycles. The summed E-state index contributed by atoms with van der Waals surface area (Å²) in [5, 5.41) is 9.81. The maximum absolute atomic E-state index is 9.81. The first-order valence-electron chi connectivity index (χ1n) is 9.81. The van der Waals surface area contributed by atoms with Crippen LogP contribution in [0, 0.1) is 0 Å². The second kappa shape index (κ2) is 13.1. The SMILES string of the molecule is CN(C)CCCCCCCCCCCCCc1ccc(N)cc1O. The van der Waals surface area contributed by atoms with Gasteiger partial charge >= 0.3 is 0 Å². The summed E-state index contributed by atoms with van der Waals surface area (Å²) in [6, 6.07) is 5.47. The Bertz CT molecular complexity index is 432. The number of phenols is 1. The van der Waals surface area contributed by atoms with Crippen LogP contribution in [0.25, 0.3) is 0 Å². The lowest BCUT2D eigenvalue weighted by Crippen LogP contribution is -2.12. The van der Waals surface area contributed by atoms with Crippen molar-refractivity contribution in [1.29, 1.82) is 0 Å². The van der Waals surface area contributed by atoms with Gasteiger partial charge in [-0.2, -0.15) is 0 Å². The van der Waals surface area contributed by atoms with Gasteiger partial charge in [-0.05, 0) is 51.5 Å². The van der Waals surface area contributed by atoms with Crippen LogP contribution < -0.4 is 5.73 Å². The molecule has 0 saturated carbocycles. The van der Waals surface area contributed by atoms with Crippen molar-refractivity contribution in [2.45, 2.75) is 77.0 Å². The predicted octanol–water partition coefficient (Wildman–Crippen LogP) is 5.37. The quantitative estimate of drug-likeness (QED) is 0.355. The molecule has 24 heavy (non-hydrogen) atoms. The number of hydrogen-bond acceptors (Lipinski definition) is 3. The van der Waals surface area contributed by atoms with Crippen molar-refractivity contribution in [2.24, 2.45) is 0 Å². The number of hydrogen-bond donors (Lipinski definition) is 2. The average Bonchev–Trinajstić information content (AvgIpc) is 2.53. The lowest BCUT2D eigenvalue weighted by Gasteiger charge is -2.08. The van der Waals surface area contributed by atoms with Gasteiger partial charge in [0.25, 0.3) is 0 Å². The van der Waals surface area contributed by atoms with Gasteiger partial charge < -0.3 is 15.7 Å². The van der Waals surface area contributed by atoms with E-state index in [9.17, 15) is 5.11 Å². The Kier molecular flexibility index (Phi) is 11.4. The third kappa shape index (κ3) is 10.5. The van der Waals surface area contributed by atoms with Crippen LogP contribution >= 0.6 is 0 Å². The molecule has 0 amide bonds. The highest BCUT2D eigenvalue weighted by molar-refractivity contribution is 5.47. The van der Waals surface area contributed by atoms with Crippen molar-refractivity contribution in [3.63, 3.8) is 0 Å². The smallest absolute Gasteiger partial charge is 0.120 e. The summed E-state index contributed by atoms with van der Waals surface area (Å²) < 4.78 is 0. The molecule has 1 rings (SSSR count). The van der Waals surface area contributed by atoms with E-state index in [4.69, 9.17) is 5.73 Å². The second-order valence-electron chi connectivity index (χ2n) is 7.33. The van der Waals surface area contributed by atoms with Gasteiger partial charge in [-0.3, -0.25) is 0 Å². The standard InChI is InChI=1S/C21H38N2O/c1-23(2)17-13-11-9-7-5-3-4-6-8-10-12-14-19-15-16-20(22)18-21(19)24/h15-16,18,24H,3-14,17,22H2,1-2H3. The molecule has 0 bridgehead atoms. The maximum atomic E-state index is 9.81. The van der Waals surface area contributed by atoms with Crippen LogP contribution in [0.5, 0.6) is 5.75 Å². The van der Waals surface area contributed by atoms with Crippen molar-refractivity contribution in [1.82, 2.24) is 4.90 Å². The highest BCUT2D eigenvalue weighted by Gasteiger charge is 2.01. The van der Waals surface area contributed by atoms with Crippen molar-refractivity contribution in [3.8, 4) is 5.75 Å². The molecule has 0 aliphatic rings. The van der Waals surface area contributed by atoms with Crippen LogP contribution in [0.1, 0.15) is 76.2 Å².